The third kappa shape index (κ3) is 4.52. The normalized spacial score (nSPS) is 10.3. The number of hydrogen-bond donors (Lipinski definition) is 1. The maximum absolute atomic E-state index is 11.5. The van der Waals surface area contributed by atoms with Gasteiger partial charge in [-0.05, 0) is 13.3 Å². The van der Waals surface area contributed by atoms with E-state index in [1.807, 2.05) is 0 Å². The molecule has 2 N–H and O–H groups in total. The summed E-state index contributed by atoms with van der Waals surface area (Å²) in [5.41, 5.74) is 5.95. The number of nitrogens with zero attached hydrogens (tertiary/aromatic N) is 2. The molecule has 0 atom stereocenters. The minimum atomic E-state index is -0.475. The molecule has 0 aliphatic rings. The van der Waals surface area contributed by atoms with Crippen molar-refractivity contribution in [2.75, 3.05) is 18.1 Å². The van der Waals surface area contributed by atoms with Gasteiger partial charge in [0, 0.05) is 11.9 Å². The second-order valence-electron chi connectivity index (χ2n) is 3.73. The molecule has 100 valence electrons. The van der Waals surface area contributed by atoms with Crippen LogP contribution in [0.4, 0.5) is 5.82 Å². The van der Waals surface area contributed by atoms with Gasteiger partial charge < -0.3 is 10.5 Å². The molecule has 0 aliphatic heterocycles. The quantitative estimate of drug-likeness (QED) is 0.355. The predicted octanol–water partition coefficient (Wildman–Crippen LogP) is 2.52. The van der Waals surface area contributed by atoms with Crippen LogP contribution in [0.2, 0.25) is 0 Å². The van der Waals surface area contributed by atoms with E-state index in [-0.39, 0.29) is 11.4 Å². The van der Waals surface area contributed by atoms with Crippen LogP contribution >= 0.6 is 11.8 Å². The molecule has 0 spiro atoms. The lowest BCUT2D eigenvalue weighted by Gasteiger charge is -2.05. The van der Waals surface area contributed by atoms with Crippen LogP contribution in [-0.2, 0) is 4.74 Å². The second kappa shape index (κ2) is 7.92. The number of unbranched alkanes of at least 4 members (excludes halogenated alkanes) is 2. The number of nitrogens with two attached hydrogens (primary N) is 1. The molecule has 18 heavy (non-hydrogen) atoms. The first-order valence-corrected chi connectivity index (χ1v) is 7.10. The zero-order chi connectivity index (χ0) is 13.4. The summed E-state index contributed by atoms with van der Waals surface area (Å²) < 4.78 is 4.86. The number of rotatable bonds is 7. The number of carbonyl (C=O) groups is 1. The van der Waals surface area contributed by atoms with E-state index in [1.54, 1.807) is 18.7 Å². The summed E-state index contributed by atoms with van der Waals surface area (Å²) in [5, 5.41) is 0.608. The Morgan fingerprint density at radius 1 is 1.44 bits per heavy atom. The van der Waals surface area contributed by atoms with Crippen LogP contribution in [0.3, 0.4) is 0 Å². The van der Waals surface area contributed by atoms with Crippen molar-refractivity contribution >= 4 is 23.5 Å². The van der Waals surface area contributed by atoms with Gasteiger partial charge >= 0.3 is 5.97 Å². The van der Waals surface area contributed by atoms with Gasteiger partial charge in [-0.3, -0.25) is 0 Å². The zero-order valence-electron chi connectivity index (χ0n) is 10.8. The van der Waals surface area contributed by atoms with Crippen molar-refractivity contribution in [3.8, 4) is 0 Å². The Labute approximate surface area is 112 Å². The van der Waals surface area contributed by atoms with Crippen LogP contribution in [0.5, 0.6) is 0 Å². The third-order valence-corrected chi connectivity index (χ3v) is 3.22. The molecule has 0 saturated heterocycles. The van der Waals surface area contributed by atoms with E-state index in [4.69, 9.17) is 10.5 Å². The van der Waals surface area contributed by atoms with E-state index < -0.39 is 5.97 Å². The molecule has 0 unspecified atom stereocenters. The summed E-state index contributed by atoms with van der Waals surface area (Å²) in [4.78, 5) is 19.7. The predicted molar refractivity (Wildman–Crippen MR) is 72.6 cm³/mol. The number of anilines is 1. The van der Waals surface area contributed by atoms with Crippen LogP contribution in [0, 0.1) is 0 Å². The van der Waals surface area contributed by atoms with E-state index in [0.717, 1.165) is 12.2 Å². The molecule has 0 amide bonds. The van der Waals surface area contributed by atoms with Crippen LogP contribution < -0.4 is 5.73 Å². The molecule has 1 aromatic heterocycles. The van der Waals surface area contributed by atoms with Crippen molar-refractivity contribution in [1.29, 1.82) is 0 Å². The minimum absolute atomic E-state index is 0.182. The molecule has 0 aliphatic carbocycles. The minimum Gasteiger partial charge on any atom is -0.462 e. The van der Waals surface area contributed by atoms with E-state index in [9.17, 15) is 4.79 Å². The number of ether oxygens (including phenoxy) is 1. The highest BCUT2D eigenvalue weighted by Gasteiger charge is 2.13. The van der Waals surface area contributed by atoms with Crippen LogP contribution in [0.1, 0.15) is 43.5 Å². The number of carbonyl (C=O) groups excluding carboxylic acids is 1. The average molecular weight is 269 g/mol. The molecule has 0 fully saturated rings. The Morgan fingerprint density at radius 3 is 2.83 bits per heavy atom. The largest absolute Gasteiger partial charge is 0.462 e. The zero-order valence-corrected chi connectivity index (χ0v) is 11.6. The Balaban J connectivity index is 2.59. The third-order valence-electron chi connectivity index (χ3n) is 2.27. The van der Waals surface area contributed by atoms with Crippen molar-refractivity contribution in [2.24, 2.45) is 0 Å². The number of hydrogen-bond acceptors (Lipinski definition) is 6. The van der Waals surface area contributed by atoms with Gasteiger partial charge in [0.05, 0.1) is 6.61 Å². The van der Waals surface area contributed by atoms with E-state index in [2.05, 4.69) is 16.9 Å². The van der Waals surface area contributed by atoms with Crippen molar-refractivity contribution < 1.29 is 9.53 Å². The van der Waals surface area contributed by atoms with Gasteiger partial charge in [-0.1, -0.05) is 31.5 Å². The Bertz CT molecular complexity index is 399. The molecule has 1 heterocycles. The van der Waals surface area contributed by atoms with Crippen molar-refractivity contribution in [3.05, 3.63) is 11.8 Å². The Kier molecular flexibility index (Phi) is 6.49. The molecule has 5 nitrogen and oxygen atoms in total. The van der Waals surface area contributed by atoms with Gasteiger partial charge in [-0.2, -0.15) is 0 Å². The fraction of sp³-hybridized carbons (Fsp3) is 0.583. The van der Waals surface area contributed by atoms with Gasteiger partial charge in [0.25, 0.3) is 0 Å². The first-order chi connectivity index (χ1) is 8.69. The first kappa shape index (κ1) is 14.8. The molecule has 1 aromatic rings. The molecular formula is C12H19N3O2S. The monoisotopic (exact) mass is 269 g/mol. The van der Waals surface area contributed by atoms with Crippen molar-refractivity contribution in [1.82, 2.24) is 9.97 Å². The summed E-state index contributed by atoms with van der Waals surface area (Å²) in [5.74, 6) is 0.672. The second-order valence-corrected chi connectivity index (χ2v) is 4.79. The molecule has 1 rings (SSSR count). The molecule has 0 radical (unpaired) electrons. The lowest BCUT2D eigenvalue weighted by molar-refractivity contribution is 0.0526. The fourth-order valence-corrected chi connectivity index (χ4v) is 2.15. The number of thioether (sulfide) groups is 1. The highest BCUT2D eigenvalue weighted by molar-refractivity contribution is 7.99. The van der Waals surface area contributed by atoms with Gasteiger partial charge in [-0.25, -0.2) is 14.8 Å². The molecule has 0 aromatic carbocycles. The first-order valence-electron chi connectivity index (χ1n) is 6.11. The molecule has 6 heteroatoms. The fourth-order valence-electron chi connectivity index (χ4n) is 1.33. The smallest absolute Gasteiger partial charge is 0.343 e. The van der Waals surface area contributed by atoms with E-state index in [0.29, 0.717) is 11.8 Å². The topological polar surface area (TPSA) is 78.1 Å². The van der Waals surface area contributed by atoms with Crippen molar-refractivity contribution in [3.63, 3.8) is 0 Å². The number of aromatic nitrogens is 2. The van der Waals surface area contributed by atoms with Crippen LogP contribution in [-0.4, -0.2) is 28.3 Å². The number of nitrogen functional groups attached to an aromatic ring is 1. The summed E-state index contributed by atoms with van der Waals surface area (Å²) >= 11 is 1.55. The van der Waals surface area contributed by atoms with E-state index >= 15 is 0 Å². The average Bonchev–Trinajstić information content (AvgIpc) is 2.35. The standard InChI is InChI=1S/C12H19N3O2S/c1-3-5-6-7-18-12-14-8-9(10(13)15-12)11(16)17-4-2/h8H,3-7H2,1-2H3,(H2,13,14,15). The van der Waals surface area contributed by atoms with Gasteiger partial charge in [0.1, 0.15) is 11.4 Å². The highest BCUT2D eigenvalue weighted by atomic mass is 32.2. The molecular weight excluding hydrogens is 250 g/mol. The van der Waals surface area contributed by atoms with Crippen LogP contribution in [0.25, 0.3) is 0 Å². The summed E-state index contributed by atoms with van der Waals surface area (Å²) in [6.07, 6.45) is 4.95. The lowest BCUT2D eigenvalue weighted by Crippen LogP contribution is -2.10. The Hall–Kier alpha value is -1.30. The molecule has 0 saturated carbocycles. The summed E-state index contributed by atoms with van der Waals surface area (Å²) in [6, 6.07) is 0. The summed E-state index contributed by atoms with van der Waals surface area (Å²) in [7, 11) is 0. The molecule has 0 bridgehead atoms. The maximum Gasteiger partial charge on any atom is 0.343 e. The van der Waals surface area contributed by atoms with Gasteiger partial charge in [0.15, 0.2) is 5.16 Å². The van der Waals surface area contributed by atoms with E-state index in [1.165, 1.54) is 19.0 Å². The number of esters is 1. The SMILES string of the molecule is CCCCCSc1ncc(C(=O)OCC)c(N)n1. The lowest BCUT2D eigenvalue weighted by atomic mass is 10.3. The van der Waals surface area contributed by atoms with Gasteiger partial charge in [0.2, 0.25) is 0 Å². The highest BCUT2D eigenvalue weighted by Crippen LogP contribution is 2.18. The van der Waals surface area contributed by atoms with Gasteiger partial charge in [-0.15, -0.1) is 0 Å². The maximum atomic E-state index is 11.5. The Morgan fingerprint density at radius 2 is 2.22 bits per heavy atom. The van der Waals surface area contributed by atoms with Crippen LogP contribution in [0.15, 0.2) is 11.4 Å². The van der Waals surface area contributed by atoms with Crippen molar-refractivity contribution in [2.45, 2.75) is 38.3 Å². The summed E-state index contributed by atoms with van der Waals surface area (Å²) in [6.45, 7) is 4.21.